The first kappa shape index (κ1) is 9.39. The maximum atomic E-state index is 11.5. The lowest BCUT2D eigenvalue weighted by molar-refractivity contribution is 0.217. The van der Waals surface area contributed by atoms with Crippen molar-refractivity contribution in [2.24, 2.45) is 4.99 Å². The molecule has 4 nitrogen and oxygen atoms in total. The maximum Gasteiger partial charge on any atom is 0.323 e. The highest BCUT2D eigenvalue weighted by molar-refractivity contribution is 6.08. The van der Waals surface area contributed by atoms with Crippen LogP contribution in [0.4, 0.5) is 10.5 Å². The lowest BCUT2D eigenvalue weighted by Gasteiger charge is -2.22. The van der Waals surface area contributed by atoms with Crippen LogP contribution >= 0.6 is 0 Å². The summed E-state index contributed by atoms with van der Waals surface area (Å²) >= 11 is 0. The zero-order chi connectivity index (χ0) is 11.3. The molecule has 2 aliphatic rings. The minimum absolute atomic E-state index is 0.0618. The average Bonchev–Trinajstić information content (AvgIpc) is 2.52. The number of benzene rings is 1. The number of aliphatic imine (C=N–C) groups is 1. The van der Waals surface area contributed by atoms with Crippen molar-refractivity contribution < 1.29 is 4.79 Å². The van der Waals surface area contributed by atoms with Gasteiger partial charge in [0.25, 0.3) is 0 Å². The molecular weight excluding hydrogens is 202 g/mol. The Labute approximate surface area is 94.0 Å². The van der Waals surface area contributed by atoms with Gasteiger partial charge in [-0.3, -0.25) is 5.32 Å². The molecule has 2 heterocycles. The molecule has 0 aliphatic carbocycles. The molecular formula is C12H13N3O. The Hall–Kier alpha value is -1.84. The van der Waals surface area contributed by atoms with Crippen LogP contribution in [0.3, 0.4) is 0 Å². The molecule has 16 heavy (non-hydrogen) atoms. The molecule has 1 aromatic rings. The van der Waals surface area contributed by atoms with Crippen molar-refractivity contribution in [1.29, 1.82) is 0 Å². The molecule has 3 rings (SSSR count). The van der Waals surface area contributed by atoms with Gasteiger partial charge < -0.3 is 4.90 Å². The summed E-state index contributed by atoms with van der Waals surface area (Å²) in [6, 6.07) is 6.23. The summed E-state index contributed by atoms with van der Waals surface area (Å²) in [6.45, 7) is 2.07. The molecule has 4 heteroatoms. The highest BCUT2D eigenvalue weighted by Crippen LogP contribution is 2.29. The number of hydrogen-bond donors (Lipinski definition) is 1. The van der Waals surface area contributed by atoms with Crippen molar-refractivity contribution in [1.82, 2.24) is 10.2 Å². The summed E-state index contributed by atoms with van der Waals surface area (Å²) in [7, 11) is 1.81. The van der Waals surface area contributed by atoms with Crippen LogP contribution in [-0.4, -0.2) is 29.9 Å². The van der Waals surface area contributed by atoms with E-state index in [4.69, 9.17) is 0 Å². The summed E-state index contributed by atoms with van der Waals surface area (Å²) in [5.41, 5.74) is 3.43. The summed E-state index contributed by atoms with van der Waals surface area (Å²) in [5.74, 6) is 0.781. The van der Waals surface area contributed by atoms with Gasteiger partial charge in [0.15, 0.2) is 0 Å². The summed E-state index contributed by atoms with van der Waals surface area (Å²) in [4.78, 5) is 17.7. The van der Waals surface area contributed by atoms with E-state index in [1.807, 2.05) is 19.2 Å². The topological polar surface area (TPSA) is 44.7 Å². The molecule has 1 atom stereocenters. The van der Waals surface area contributed by atoms with Crippen molar-refractivity contribution >= 4 is 17.6 Å². The Morgan fingerprint density at radius 1 is 1.50 bits per heavy atom. The molecule has 82 valence electrons. The van der Waals surface area contributed by atoms with Crippen LogP contribution < -0.4 is 5.32 Å². The lowest BCUT2D eigenvalue weighted by atomic mass is 9.98. The second kappa shape index (κ2) is 3.07. The van der Waals surface area contributed by atoms with Crippen LogP contribution in [0.1, 0.15) is 11.1 Å². The predicted octanol–water partition coefficient (Wildman–Crippen LogP) is 1.60. The first-order valence-electron chi connectivity index (χ1n) is 5.37. The average molecular weight is 215 g/mol. The van der Waals surface area contributed by atoms with Crippen LogP contribution in [-0.2, 0) is 6.42 Å². The molecule has 1 aromatic carbocycles. The first-order chi connectivity index (χ1) is 7.65. The summed E-state index contributed by atoms with van der Waals surface area (Å²) in [6.07, 6.45) is 0.852. The van der Waals surface area contributed by atoms with E-state index < -0.39 is 0 Å². The van der Waals surface area contributed by atoms with Gasteiger partial charge in [-0.2, -0.15) is 0 Å². The lowest BCUT2D eigenvalue weighted by Crippen LogP contribution is -2.34. The Kier molecular flexibility index (Phi) is 1.80. The van der Waals surface area contributed by atoms with Gasteiger partial charge in [0, 0.05) is 13.5 Å². The van der Waals surface area contributed by atoms with Crippen LogP contribution in [0.2, 0.25) is 0 Å². The molecule has 0 bridgehead atoms. The second-order valence-corrected chi connectivity index (χ2v) is 4.39. The minimum Gasteiger partial charge on any atom is -0.317 e. The van der Waals surface area contributed by atoms with Gasteiger partial charge in [-0.25, -0.2) is 9.79 Å². The van der Waals surface area contributed by atoms with Gasteiger partial charge in [0.05, 0.1) is 11.7 Å². The number of carbonyl (C=O) groups excluding carboxylic acids is 1. The van der Waals surface area contributed by atoms with E-state index in [2.05, 4.69) is 23.3 Å². The number of hydrogen-bond acceptors (Lipinski definition) is 2. The van der Waals surface area contributed by atoms with Crippen LogP contribution in [0.15, 0.2) is 23.2 Å². The fourth-order valence-electron chi connectivity index (χ4n) is 2.27. The Morgan fingerprint density at radius 3 is 3.12 bits per heavy atom. The van der Waals surface area contributed by atoms with E-state index in [0.717, 1.165) is 17.9 Å². The molecule has 2 aliphatic heterocycles. The number of carbonyl (C=O) groups is 1. The fourth-order valence-corrected chi connectivity index (χ4v) is 2.27. The van der Waals surface area contributed by atoms with Crippen molar-refractivity contribution in [2.45, 2.75) is 19.4 Å². The predicted molar refractivity (Wildman–Crippen MR) is 62.1 cm³/mol. The monoisotopic (exact) mass is 215 g/mol. The number of likely N-dealkylation sites (N-methyl/N-ethyl adjacent to an activating group) is 1. The molecule has 0 saturated carbocycles. The van der Waals surface area contributed by atoms with E-state index >= 15 is 0 Å². The highest BCUT2D eigenvalue weighted by atomic mass is 16.2. The Morgan fingerprint density at radius 2 is 2.31 bits per heavy atom. The van der Waals surface area contributed by atoms with Gasteiger partial charge in [0.2, 0.25) is 0 Å². The largest absolute Gasteiger partial charge is 0.323 e. The molecule has 1 unspecified atom stereocenters. The van der Waals surface area contributed by atoms with Gasteiger partial charge in [0.1, 0.15) is 5.84 Å². The van der Waals surface area contributed by atoms with Gasteiger partial charge in [-0.15, -0.1) is 0 Å². The van der Waals surface area contributed by atoms with E-state index in [9.17, 15) is 4.79 Å². The quantitative estimate of drug-likeness (QED) is 0.702. The molecule has 0 spiro atoms. The number of rotatable bonds is 0. The van der Waals surface area contributed by atoms with Crippen LogP contribution in [0.5, 0.6) is 0 Å². The van der Waals surface area contributed by atoms with E-state index in [0.29, 0.717) is 0 Å². The number of amidine groups is 1. The van der Waals surface area contributed by atoms with Gasteiger partial charge in [-0.1, -0.05) is 17.7 Å². The number of aryl methyl sites for hydroxylation is 1. The van der Waals surface area contributed by atoms with Crippen molar-refractivity contribution in [3.63, 3.8) is 0 Å². The maximum absolute atomic E-state index is 11.5. The normalized spacial score (nSPS) is 22.4. The molecule has 1 fully saturated rings. The van der Waals surface area contributed by atoms with Crippen molar-refractivity contribution in [2.75, 3.05) is 7.05 Å². The van der Waals surface area contributed by atoms with Crippen LogP contribution in [0, 0.1) is 6.92 Å². The molecule has 0 aromatic heterocycles. The standard InChI is InChI=1S/C12H13N3O/c1-7-3-4-9-8(5-7)6-10-11(13-9)14-12(16)15(10)2/h3-5,10H,6H2,1-2H3,(H,13,14,16). The van der Waals surface area contributed by atoms with Crippen molar-refractivity contribution in [3.8, 4) is 0 Å². The molecule has 2 amide bonds. The SMILES string of the molecule is Cc1ccc2c(c1)CC1C(=N2)NC(=O)N1C. The van der Waals surface area contributed by atoms with E-state index in [1.54, 1.807) is 4.90 Å². The third-order valence-corrected chi connectivity index (χ3v) is 3.23. The summed E-state index contributed by atoms with van der Waals surface area (Å²) in [5, 5.41) is 2.80. The summed E-state index contributed by atoms with van der Waals surface area (Å²) < 4.78 is 0. The van der Waals surface area contributed by atoms with E-state index in [1.165, 1.54) is 11.1 Å². The number of fused-ring (bicyclic) bond motifs is 2. The van der Waals surface area contributed by atoms with Crippen LogP contribution in [0.25, 0.3) is 0 Å². The molecule has 1 N–H and O–H groups in total. The fraction of sp³-hybridized carbons (Fsp3) is 0.333. The third kappa shape index (κ3) is 1.23. The number of urea groups is 1. The first-order valence-corrected chi connectivity index (χ1v) is 5.37. The minimum atomic E-state index is -0.0618. The zero-order valence-corrected chi connectivity index (χ0v) is 9.32. The Bertz CT molecular complexity index is 507. The van der Waals surface area contributed by atoms with Gasteiger partial charge >= 0.3 is 6.03 Å². The molecule has 1 saturated heterocycles. The smallest absolute Gasteiger partial charge is 0.317 e. The van der Waals surface area contributed by atoms with Crippen molar-refractivity contribution in [3.05, 3.63) is 29.3 Å². The molecule has 0 radical (unpaired) electrons. The van der Waals surface area contributed by atoms with E-state index in [-0.39, 0.29) is 12.1 Å². The highest BCUT2D eigenvalue weighted by Gasteiger charge is 2.36. The zero-order valence-electron chi connectivity index (χ0n) is 9.32. The van der Waals surface area contributed by atoms with Gasteiger partial charge in [-0.05, 0) is 18.6 Å². The number of nitrogens with one attached hydrogen (secondary N) is 1. The number of nitrogens with zero attached hydrogens (tertiary/aromatic N) is 2. The third-order valence-electron chi connectivity index (χ3n) is 3.23. The Balaban J connectivity index is 2.07. The number of amides is 2. The second-order valence-electron chi connectivity index (χ2n) is 4.39.